The Kier molecular flexibility index (Phi) is 2.71. The van der Waals surface area contributed by atoms with Gasteiger partial charge in [0.2, 0.25) is 0 Å². The fourth-order valence-electron chi connectivity index (χ4n) is 1.73. The molecule has 0 heterocycles. The summed E-state index contributed by atoms with van der Waals surface area (Å²) >= 11 is 0. The van der Waals surface area contributed by atoms with E-state index in [0.29, 0.717) is 11.1 Å². The highest BCUT2D eigenvalue weighted by molar-refractivity contribution is 5.76. The summed E-state index contributed by atoms with van der Waals surface area (Å²) in [4.78, 5) is 0. The molecular weight excluding hydrogens is 214 g/mol. The quantitative estimate of drug-likeness (QED) is 0.733. The largest absolute Gasteiger partial charge is 0.508 e. The third kappa shape index (κ3) is 1.81. The van der Waals surface area contributed by atoms with Crippen LogP contribution in [0.4, 0.5) is 0 Å². The van der Waals surface area contributed by atoms with Gasteiger partial charge in [-0.1, -0.05) is 30.3 Å². The Morgan fingerprint density at radius 1 is 1.12 bits per heavy atom. The van der Waals surface area contributed by atoms with Gasteiger partial charge in [-0.25, -0.2) is 0 Å². The topological polar surface area (TPSA) is 64.2 Å². The zero-order valence-electron chi connectivity index (χ0n) is 9.31. The van der Waals surface area contributed by atoms with Crippen molar-refractivity contribution in [1.29, 1.82) is 5.26 Å². The van der Waals surface area contributed by atoms with Gasteiger partial charge in [-0.3, -0.25) is 0 Å². The molecule has 3 nitrogen and oxygen atoms in total. The van der Waals surface area contributed by atoms with Gasteiger partial charge in [-0.2, -0.15) is 5.26 Å². The van der Waals surface area contributed by atoms with E-state index in [9.17, 15) is 10.2 Å². The zero-order valence-corrected chi connectivity index (χ0v) is 9.31. The Hall–Kier alpha value is -2.47. The number of phenolic OH excluding ortho intramolecular Hbond substituents is 2. The van der Waals surface area contributed by atoms with Gasteiger partial charge >= 0.3 is 0 Å². The summed E-state index contributed by atoms with van der Waals surface area (Å²) in [7, 11) is 0. The molecule has 0 atom stereocenters. The van der Waals surface area contributed by atoms with Crippen LogP contribution in [0.25, 0.3) is 11.1 Å². The monoisotopic (exact) mass is 225 g/mol. The van der Waals surface area contributed by atoms with E-state index in [1.807, 2.05) is 36.4 Å². The molecule has 0 radical (unpaired) electrons. The zero-order chi connectivity index (χ0) is 12.4. The van der Waals surface area contributed by atoms with E-state index in [2.05, 4.69) is 0 Å². The first-order chi connectivity index (χ1) is 8.15. The fraction of sp³-hybridized carbons (Fsp3) is 0.0714. The second-order valence-electron chi connectivity index (χ2n) is 3.77. The molecule has 2 aromatic carbocycles. The molecule has 0 aliphatic heterocycles. The minimum Gasteiger partial charge on any atom is -0.508 e. The second kappa shape index (κ2) is 4.18. The van der Waals surface area contributed by atoms with Crippen LogP contribution in [0, 0.1) is 18.3 Å². The van der Waals surface area contributed by atoms with E-state index in [1.54, 1.807) is 6.92 Å². The minimum absolute atomic E-state index is 0.0122. The van der Waals surface area contributed by atoms with Gasteiger partial charge in [0.05, 0.1) is 0 Å². The summed E-state index contributed by atoms with van der Waals surface area (Å²) < 4.78 is 0. The van der Waals surface area contributed by atoms with E-state index in [4.69, 9.17) is 5.26 Å². The molecule has 2 aromatic rings. The molecule has 0 aromatic heterocycles. The Balaban J connectivity index is 2.73. The van der Waals surface area contributed by atoms with Crippen LogP contribution < -0.4 is 0 Å². The van der Waals surface area contributed by atoms with Crippen LogP contribution in [0.5, 0.6) is 11.5 Å². The maximum absolute atomic E-state index is 10.0. The van der Waals surface area contributed by atoms with Crippen molar-refractivity contribution in [3.63, 3.8) is 0 Å². The molecule has 0 aliphatic rings. The number of benzene rings is 2. The van der Waals surface area contributed by atoms with Gasteiger partial charge in [-0.05, 0) is 18.6 Å². The maximum Gasteiger partial charge on any atom is 0.141 e. The van der Waals surface area contributed by atoms with E-state index < -0.39 is 0 Å². The van der Waals surface area contributed by atoms with Crippen molar-refractivity contribution in [2.45, 2.75) is 6.92 Å². The molecule has 3 heteroatoms. The fourth-order valence-corrected chi connectivity index (χ4v) is 1.73. The average molecular weight is 225 g/mol. The first-order valence-electron chi connectivity index (χ1n) is 5.16. The Labute approximate surface area is 99.2 Å². The summed E-state index contributed by atoms with van der Waals surface area (Å²) in [5.74, 6) is -0.0767. The van der Waals surface area contributed by atoms with Gasteiger partial charge < -0.3 is 10.2 Å². The van der Waals surface area contributed by atoms with E-state index in [0.717, 1.165) is 5.56 Å². The Morgan fingerprint density at radius 3 is 2.35 bits per heavy atom. The lowest BCUT2D eigenvalue weighted by atomic mass is 9.98. The first kappa shape index (κ1) is 11.0. The molecule has 0 spiro atoms. The Bertz CT molecular complexity index is 598. The van der Waals surface area contributed by atoms with Gasteiger partial charge in [0.1, 0.15) is 23.1 Å². The van der Waals surface area contributed by atoms with E-state index in [-0.39, 0.29) is 17.1 Å². The molecule has 0 bridgehead atoms. The molecule has 0 saturated carbocycles. The lowest BCUT2D eigenvalue weighted by Gasteiger charge is -2.10. The SMILES string of the molecule is Cc1c(O)cc(-c2ccccc2)c(O)c1C#N. The molecule has 0 aliphatic carbocycles. The van der Waals surface area contributed by atoms with Crippen LogP contribution >= 0.6 is 0 Å². The lowest BCUT2D eigenvalue weighted by Crippen LogP contribution is -1.88. The number of nitrogens with zero attached hydrogens (tertiary/aromatic N) is 1. The smallest absolute Gasteiger partial charge is 0.141 e. The highest BCUT2D eigenvalue weighted by Gasteiger charge is 2.15. The highest BCUT2D eigenvalue weighted by atomic mass is 16.3. The summed E-state index contributed by atoms with van der Waals surface area (Å²) in [6.45, 7) is 1.60. The number of hydrogen-bond donors (Lipinski definition) is 2. The number of phenols is 2. The van der Waals surface area contributed by atoms with E-state index in [1.165, 1.54) is 6.07 Å². The second-order valence-corrected chi connectivity index (χ2v) is 3.77. The van der Waals surface area contributed by atoms with Crippen molar-refractivity contribution in [3.05, 3.63) is 47.5 Å². The number of nitriles is 1. The lowest BCUT2D eigenvalue weighted by molar-refractivity contribution is 0.457. The first-order valence-corrected chi connectivity index (χ1v) is 5.16. The van der Waals surface area contributed by atoms with Crippen molar-refractivity contribution in [2.75, 3.05) is 0 Å². The molecule has 0 saturated heterocycles. The summed E-state index contributed by atoms with van der Waals surface area (Å²) in [6, 6.07) is 12.5. The van der Waals surface area contributed by atoms with Crippen LogP contribution in [-0.4, -0.2) is 10.2 Å². The standard InChI is InChI=1S/C14H11NO2/c1-9-12(8-15)14(17)11(7-13(9)16)10-5-3-2-4-6-10/h2-7,16-17H,1H3. The summed E-state index contributed by atoms with van der Waals surface area (Å²) in [5.41, 5.74) is 1.73. The Morgan fingerprint density at radius 2 is 1.76 bits per heavy atom. The molecule has 0 amide bonds. The third-order valence-electron chi connectivity index (χ3n) is 2.73. The molecule has 0 fully saturated rings. The van der Waals surface area contributed by atoms with Crippen LogP contribution in [0.2, 0.25) is 0 Å². The normalized spacial score (nSPS) is 9.88. The van der Waals surface area contributed by atoms with Gasteiger partial charge in [0, 0.05) is 11.1 Å². The number of hydrogen-bond acceptors (Lipinski definition) is 3. The van der Waals surface area contributed by atoms with Crippen molar-refractivity contribution in [1.82, 2.24) is 0 Å². The minimum atomic E-state index is -0.0889. The van der Waals surface area contributed by atoms with Crippen molar-refractivity contribution in [2.24, 2.45) is 0 Å². The van der Waals surface area contributed by atoms with Gasteiger partial charge in [0.15, 0.2) is 0 Å². The van der Waals surface area contributed by atoms with Crippen LogP contribution in [-0.2, 0) is 0 Å². The van der Waals surface area contributed by atoms with Crippen molar-refractivity contribution in [3.8, 4) is 28.7 Å². The molecule has 2 N–H and O–H groups in total. The van der Waals surface area contributed by atoms with Crippen LogP contribution in [0.3, 0.4) is 0 Å². The van der Waals surface area contributed by atoms with Crippen LogP contribution in [0.15, 0.2) is 36.4 Å². The summed E-state index contributed by atoms with van der Waals surface area (Å²) in [6.07, 6.45) is 0. The molecule has 2 rings (SSSR count). The molecular formula is C14H11NO2. The molecule has 0 unspecified atom stereocenters. The predicted octanol–water partition coefficient (Wildman–Crippen LogP) is 2.94. The van der Waals surface area contributed by atoms with Gasteiger partial charge in [-0.15, -0.1) is 0 Å². The molecule has 17 heavy (non-hydrogen) atoms. The van der Waals surface area contributed by atoms with Gasteiger partial charge in [0.25, 0.3) is 0 Å². The molecule has 84 valence electrons. The van der Waals surface area contributed by atoms with E-state index >= 15 is 0 Å². The van der Waals surface area contributed by atoms with Crippen molar-refractivity contribution >= 4 is 0 Å². The predicted molar refractivity (Wildman–Crippen MR) is 64.7 cm³/mol. The van der Waals surface area contributed by atoms with Crippen molar-refractivity contribution < 1.29 is 10.2 Å². The third-order valence-corrected chi connectivity index (χ3v) is 2.73. The number of aromatic hydroxyl groups is 2. The number of rotatable bonds is 1. The maximum atomic E-state index is 10.0. The average Bonchev–Trinajstić information content (AvgIpc) is 2.36. The van der Waals surface area contributed by atoms with Crippen LogP contribution in [0.1, 0.15) is 11.1 Å². The summed E-state index contributed by atoms with van der Waals surface area (Å²) in [5, 5.41) is 28.7. The highest BCUT2D eigenvalue weighted by Crippen LogP contribution is 2.38.